The molecule has 3 rings (SSSR count). The van der Waals surface area contributed by atoms with E-state index < -0.39 is 0 Å². The average molecular weight is 233 g/mol. The first-order valence-electron chi connectivity index (χ1n) is 5.66. The fourth-order valence-corrected chi connectivity index (χ4v) is 3.50. The zero-order chi connectivity index (χ0) is 11.0. The topological polar surface area (TPSA) is 43.8 Å². The molecular formula is C12H15N3S. The first-order valence-corrected chi connectivity index (χ1v) is 6.82. The van der Waals surface area contributed by atoms with Gasteiger partial charge in [0.05, 0.1) is 11.0 Å². The van der Waals surface area contributed by atoms with Crippen molar-refractivity contribution in [1.29, 1.82) is 0 Å². The summed E-state index contributed by atoms with van der Waals surface area (Å²) in [5.41, 5.74) is 8.21. The van der Waals surface area contributed by atoms with Gasteiger partial charge in [-0.2, -0.15) is 11.8 Å². The van der Waals surface area contributed by atoms with Gasteiger partial charge in [-0.3, -0.25) is 0 Å². The third kappa shape index (κ3) is 1.57. The number of anilines is 1. The Morgan fingerprint density at radius 3 is 3.06 bits per heavy atom. The van der Waals surface area contributed by atoms with Crippen LogP contribution in [0.4, 0.5) is 5.95 Å². The first-order chi connectivity index (χ1) is 7.86. The van der Waals surface area contributed by atoms with Crippen LogP contribution in [0.25, 0.3) is 11.0 Å². The van der Waals surface area contributed by atoms with E-state index in [2.05, 4.69) is 21.7 Å². The van der Waals surface area contributed by atoms with E-state index in [0.717, 1.165) is 11.3 Å². The van der Waals surface area contributed by atoms with E-state index in [4.69, 9.17) is 5.73 Å². The SMILES string of the molecule is Nc1nc2ccccc2n1C1CCCSC1. The van der Waals surface area contributed by atoms with E-state index in [1.54, 1.807) is 0 Å². The normalized spacial score (nSPS) is 21.4. The van der Waals surface area contributed by atoms with E-state index in [9.17, 15) is 0 Å². The van der Waals surface area contributed by atoms with Crippen molar-refractivity contribution >= 4 is 28.7 Å². The number of nitrogens with two attached hydrogens (primary N) is 1. The monoisotopic (exact) mass is 233 g/mol. The largest absolute Gasteiger partial charge is 0.369 e. The van der Waals surface area contributed by atoms with Crippen LogP contribution in [0, 0.1) is 0 Å². The Morgan fingerprint density at radius 1 is 1.38 bits per heavy atom. The Balaban J connectivity index is 2.10. The summed E-state index contributed by atoms with van der Waals surface area (Å²) in [5, 5.41) is 0. The zero-order valence-corrected chi connectivity index (χ0v) is 9.91. The lowest BCUT2D eigenvalue weighted by Gasteiger charge is -2.24. The highest BCUT2D eigenvalue weighted by Gasteiger charge is 2.20. The van der Waals surface area contributed by atoms with Crippen molar-refractivity contribution in [3.8, 4) is 0 Å². The molecule has 0 aliphatic carbocycles. The molecule has 1 aliphatic heterocycles. The van der Waals surface area contributed by atoms with Crippen molar-refractivity contribution in [3.63, 3.8) is 0 Å². The van der Waals surface area contributed by atoms with Gasteiger partial charge in [-0.25, -0.2) is 4.98 Å². The number of benzene rings is 1. The molecular weight excluding hydrogens is 218 g/mol. The average Bonchev–Trinajstić information content (AvgIpc) is 2.66. The standard InChI is InChI=1S/C12H15N3S/c13-12-14-10-5-1-2-6-11(10)15(12)9-4-3-7-16-8-9/h1-2,5-6,9H,3-4,7-8H2,(H2,13,14). The van der Waals surface area contributed by atoms with E-state index in [1.807, 2.05) is 23.9 Å². The molecule has 1 unspecified atom stereocenters. The third-order valence-electron chi connectivity index (χ3n) is 3.12. The van der Waals surface area contributed by atoms with Crippen LogP contribution in [0.15, 0.2) is 24.3 Å². The van der Waals surface area contributed by atoms with Crippen LogP contribution in [-0.2, 0) is 0 Å². The molecule has 84 valence electrons. The molecule has 3 nitrogen and oxygen atoms in total. The molecule has 1 aromatic heterocycles. The van der Waals surface area contributed by atoms with E-state index >= 15 is 0 Å². The van der Waals surface area contributed by atoms with Crippen LogP contribution in [0.2, 0.25) is 0 Å². The van der Waals surface area contributed by atoms with Gasteiger partial charge >= 0.3 is 0 Å². The molecule has 4 heteroatoms. The summed E-state index contributed by atoms with van der Waals surface area (Å²) in [6.07, 6.45) is 2.50. The van der Waals surface area contributed by atoms with Gasteiger partial charge in [0.1, 0.15) is 0 Å². The van der Waals surface area contributed by atoms with Gasteiger partial charge in [-0.15, -0.1) is 0 Å². The molecule has 1 aromatic carbocycles. The van der Waals surface area contributed by atoms with E-state index in [1.165, 1.54) is 24.1 Å². The first kappa shape index (κ1) is 10.0. The summed E-state index contributed by atoms with van der Waals surface area (Å²) in [6.45, 7) is 0. The van der Waals surface area contributed by atoms with Crippen molar-refractivity contribution < 1.29 is 0 Å². The lowest BCUT2D eigenvalue weighted by Crippen LogP contribution is -2.17. The molecule has 0 bridgehead atoms. The number of aromatic nitrogens is 2. The quantitative estimate of drug-likeness (QED) is 0.823. The number of thioether (sulfide) groups is 1. The maximum atomic E-state index is 6.03. The van der Waals surface area contributed by atoms with Gasteiger partial charge in [0.2, 0.25) is 5.95 Å². The Morgan fingerprint density at radius 2 is 2.25 bits per heavy atom. The number of rotatable bonds is 1. The van der Waals surface area contributed by atoms with Crippen molar-refractivity contribution in [2.75, 3.05) is 17.2 Å². The minimum absolute atomic E-state index is 0.520. The van der Waals surface area contributed by atoms with E-state index in [0.29, 0.717) is 12.0 Å². The Kier molecular flexibility index (Phi) is 2.52. The van der Waals surface area contributed by atoms with Crippen LogP contribution in [0.1, 0.15) is 18.9 Å². The number of nitrogens with zero attached hydrogens (tertiary/aromatic N) is 2. The lowest BCUT2D eigenvalue weighted by molar-refractivity contribution is 0.517. The lowest BCUT2D eigenvalue weighted by atomic mass is 10.2. The Bertz CT molecular complexity index is 500. The van der Waals surface area contributed by atoms with Crippen molar-refractivity contribution in [2.24, 2.45) is 0 Å². The number of hydrogen-bond acceptors (Lipinski definition) is 3. The Labute approximate surface area is 99.0 Å². The number of fused-ring (bicyclic) bond motifs is 1. The van der Waals surface area contributed by atoms with Gasteiger partial charge in [0, 0.05) is 11.8 Å². The maximum Gasteiger partial charge on any atom is 0.201 e. The van der Waals surface area contributed by atoms with Crippen LogP contribution in [-0.4, -0.2) is 21.1 Å². The predicted octanol–water partition coefficient (Wildman–Crippen LogP) is 2.69. The number of nitrogen functional groups attached to an aromatic ring is 1. The summed E-state index contributed by atoms with van der Waals surface area (Å²) in [7, 11) is 0. The molecule has 0 amide bonds. The molecule has 16 heavy (non-hydrogen) atoms. The highest BCUT2D eigenvalue weighted by molar-refractivity contribution is 7.99. The van der Waals surface area contributed by atoms with Crippen LogP contribution in [0.5, 0.6) is 0 Å². The van der Waals surface area contributed by atoms with Gasteiger partial charge in [-0.1, -0.05) is 12.1 Å². The zero-order valence-electron chi connectivity index (χ0n) is 9.10. The number of para-hydroxylation sites is 2. The predicted molar refractivity (Wildman–Crippen MR) is 69.7 cm³/mol. The third-order valence-corrected chi connectivity index (χ3v) is 4.32. The van der Waals surface area contributed by atoms with Crippen molar-refractivity contribution in [3.05, 3.63) is 24.3 Å². The summed E-state index contributed by atoms with van der Waals surface area (Å²) in [6, 6.07) is 8.71. The fraction of sp³-hybridized carbons (Fsp3) is 0.417. The van der Waals surface area contributed by atoms with Crippen LogP contribution < -0.4 is 5.73 Å². The highest BCUT2D eigenvalue weighted by Crippen LogP contribution is 2.31. The van der Waals surface area contributed by atoms with Gasteiger partial charge in [0.15, 0.2) is 0 Å². The minimum atomic E-state index is 0.520. The summed E-state index contributed by atoms with van der Waals surface area (Å²) < 4.78 is 2.21. The van der Waals surface area contributed by atoms with E-state index in [-0.39, 0.29) is 0 Å². The van der Waals surface area contributed by atoms with Gasteiger partial charge < -0.3 is 10.3 Å². The molecule has 2 N–H and O–H groups in total. The number of imidazole rings is 1. The smallest absolute Gasteiger partial charge is 0.201 e. The molecule has 1 aliphatic rings. The van der Waals surface area contributed by atoms with Crippen molar-refractivity contribution in [1.82, 2.24) is 9.55 Å². The van der Waals surface area contributed by atoms with Crippen LogP contribution in [0.3, 0.4) is 0 Å². The minimum Gasteiger partial charge on any atom is -0.369 e. The molecule has 0 spiro atoms. The fourth-order valence-electron chi connectivity index (χ4n) is 2.37. The van der Waals surface area contributed by atoms with Crippen molar-refractivity contribution in [2.45, 2.75) is 18.9 Å². The molecule has 0 radical (unpaired) electrons. The second-order valence-electron chi connectivity index (χ2n) is 4.20. The molecule has 2 aromatic rings. The maximum absolute atomic E-state index is 6.03. The molecule has 2 heterocycles. The molecule has 1 atom stereocenters. The molecule has 1 fully saturated rings. The molecule has 1 saturated heterocycles. The molecule has 0 saturated carbocycles. The highest BCUT2D eigenvalue weighted by atomic mass is 32.2. The summed E-state index contributed by atoms with van der Waals surface area (Å²) >= 11 is 2.01. The second kappa shape index (κ2) is 4.01. The second-order valence-corrected chi connectivity index (χ2v) is 5.35. The van der Waals surface area contributed by atoms with Crippen LogP contribution >= 0.6 is 11.8 Å². The van der Waals surface area contributed by atoms with Gasteiger partial charge in [0.25, 0.3) is 0 Å². The summed E-state index contributed by atoms with van der Waals surface area (Å²) in [5.74, 6) is 3.10. The van der Waals surface area contributed by atoms with Gasteiger partial charge in [-0.05, 0) is 30.7 Å². The Hall–Kier alpha value is -1.16. The number of hydrogen-bond donors (Lipinski definition) is 1. The summed E-state index contributed by atoms with van der Waals surface area (Å²) in [4.78, 5) is 4.42.